The molecule has 0 atom stereocenters. The highest BCUT2D eigenvalue weighted by atomic mass is 35.5. The van der Waals surface area contributed by atoms with Crippen LogP contribution in [0.1, 0.15) is 15.9 Å². The number of benzene rings is 2. The van der Waals surface area contributed by atoms with Crippen LogP contribution in [0.25, 0.3) is 0 Å². The molecule has 30 heavy (non-hydrogen) atoms. The highest BCUT2D eigenvalue weighted by Crippen LogP contribution is 2.33. The highest BCUT2D eigenvalue weighted by molar-refractivity contribution is 7.89. The van der Waals surface area contributed by atoms with Crippen LogP contribution < -0.4 is 5.32 Å². The van der Waals surface area contributed by atoms with Gasteiger partial charge in [-0.2, -0.15) is 17.5 Å². The maximum atomic E-state index is 12.9. The molecule has 6 nitrogen and oxygen atoms in total. The molecule has 0 spiro atoms. The average Bonchev–Trinajstić information content (AvgIpc) is 2.68. The van der Waals surface area contributed by atoms with Crippen LogP contribution in [0.2, 0.25) is 10.0 Å². The lowest BCUT2D eigenvalue weighted by molar-refractivity contribution is -0.137. The van der Waals surface area contributed by atoms with Gasteiger partial charge in [-0.25, -0.2) is 8.42 Å². The minimum Gasteiger partial charge on any atom is -0.379 e. The van der Waals surface area contributed by atoms with E-state index >= 15 is 0 Å². The summed E-state index contributed by atoms with van der Waals surface area (Å²) in [6, 6.07) is 6.14. The van der Waals surface area contributed by atoms with Crippen molar-refractivity contribution in [2.45, 2.75) is 11.1 Å². The number of halogens is 5. The van der Waals surface area contributed by atoms with Crippen LogP contribution in [-0.2, 0) is 20.9 Å². The minimum absolute atomic E-state index is 0.118. The van der Waals surface area contributed by atoms with Gasteiger partial charge in [0, 0.05) is 18.8 Å². The molecular weight excluding hydrogens is 468 g/mol. The van der Waals surface area contributed by atoms with Gasteiger partial charge in [0.2, 0.25) is 10.0 Å². The van der Waals surface area contributed by atoms with Gasteiger partial charge in [0.25, 0.3) is 5.91 Å². The lowest BCUT2D eigenvalue weighted by atomic mass is 10.1. The Morgan fingerprint density at radius 3 is 2.37 bits per heavy atom. The van der Waals surface area contributed by atoms with E-state index in [1.807, 2.05) is 0 Å². The number of amides is 1. The van der Waals surface area contributed by atoms with Crippen molar-refractivity contribution in [3.8, 4) is 0 Å². The van der Waals surface area contributed by atoms with Gasteiger partial charge in [-0.3, -0.25) is 4.79 Å². The zero-order valence-corrected chi connectivity index (χ0v) is 17.5. The maximum Gasteiger partial charge on any atom is 0.416 e. The first-order chi connectivity index (χ1) is 14.0. The fraction of sp³-hybridized carbons (Fsp3) is 0.278. The van der Waals surface area contributed by atoms with Crippen molar-refractivity contribution < 1.29 is 31.1 Å². The molecular formula is C18H15Cl2F3N2O4S. The topological polar surface area (TPSA) is 75.7 Å². The molecule has 0 saturated carbocycles. The van der Waals surface area contributed by atoms with Gasteiger partial charge < -0.3 is 10.1 Å². The third-order valence-corrected chi connectivity index (χ3v) is 6.98. The predicted molar refractivity (Wildman–Crippen MR) is 105 cm³/mol. The molecule has 1 aliphatic rings. The van der Waals surface area contributed by atoms with E-state index in [0.29, 0.717) is 0 Å². The number of hydrogen-bond donors (Lipinski definition) is 1. The zero-order chi connectivity index (χ0) is 22.1. The Hall–Kier alpha value is -1.85. The van der Waals surface area contributed by atoms with E-state index in [1.54, 1.807) is 0 Å². The molecule has 1 N–H and O–H groups in total. The van der Waals surface area contributed by atoms with Gasteiger partial charge in [0.15, 0.2) is 0 Å². The van der Waals surface area contributed by atoms with Gasteiger partial charge in [0.1, 0.15) is 4.90 Å². The molecule has 12 heteroatoms. The molecule has 1 fully saturated rings. The summed E-state index contributed by atoms with van der Waals surface area (Å²) >= 11 is 12.1. The highest BCUT2D eigenvalue weighted by Gasteiger charge is 2.32. The molecule has 0 radical (unpaired) electrons. The SMILES string of the molecule is O=C(Nc1cccc(C(F)(F)F)c1)c1cc(S(=O)(=O)N2CCOCC2)c(Cl)cc1Cl. The molecule has 1 amide bonds. The standard InChI is InChI=1S/C18H15Cl2F3N2O4S/c19-14-10-15(20)16(30(27,28)25-4-6-29-7-5-25)9-13(14)17(26)24-12-3-1-2-11(8-12)18(21,22)23/h1-3,8-10H,4-7H2,(H,24,26). The Morgan fingerprint density at radius 2 is 1.73 bits per heavy atom. The summed E-state index contributed by atoms with van der Waals surface area (Å²) in [5, 5.41) is 1.97. The van der Waals surface area contributed by atoms with E-state index in [0.717, 1.165) is 30.3 Å². The number of anilines is 1. The predicted octanol–water partition coefficient (Wildman–Crippen LogP) is 4.29. The number of sulfonamides is 1. The molecule has 0 aliphatic carbocycles. The van der Waals surface area contributed by atoms with Crippen LogP contribution in [0.15, 0.2) is 41.3 Å². The van der Waals surface area contributed by atoms with Crippen molar-refractivity contribution in [1.82, 2.24) is 4.31 Å². The van der Waals surface area contributed by atoms with E-state index in [2.05, 4.69) is 5.32 Å². The summed E-state index contributed by atoms with van der Waals surface area (Å²) in [5.74, 6) is -0.880. The average molecular weight is 483 g/mol. The van der Waals surface area contributed by atoms with Gasteiger partial charge in [-0.1, -0.05) is 29.3 Å². The fourth-order valence-corrected chi connectivity index (χ4v) is 5.04. The van der Waals surface area contributed by atoms with Crippen molar-refractivity contribution in [3.05, 3.63) is 57.6 Å². The summed E-state index contributed by atoms with van der Waals surface area (Å²) in [6.45, 7) is 0.667. The number of ether oxygens (including phenoxy) is 1. The molecule has 162 valence electrons. The number of nitrogens with zero attached hydrogens (tertiary/aromatic N) is 1. The Kier molecular flexibility index (Phi) is 6.63. The second kappa shape index (κ2) is 8.72. The third-order valence-electron chi connectivity index (χ3n) is 4.30. The first kappa shape index (κ1) is 22.8. The van der Waals surface area contributed by atoms with Crippen LogP contribution in [0.3, 0.4) is 0 Å². The largest absolute Gasteiger partial charge is 0.416 e. The molecule has 1 heterocycles. The second-order valence-electron chi connectivity index (χ2n) is 6.31. The molecule has 0 bridgehead atoms. The first-order valence-electron chi connectivity index (χ1n) is 8.55. The van der Waals surface area contributed by atoms with E-state index < -0.39 is 27.7 Å². The Balaban J connectivity index is 1.93. The molecule has 2 aromatic carbocycles. The van der Waals surface area contributed by atoms with Crippen molar-refractivity contribution in [3.63, 3.8) is 0 Å². The van der Waals surface area contributed by atoms with Crippen molar-refractivity contribution in [1.29, 1.82) is 0 Å². The summed E-state index contributed by atoms with van der Waals surface area (Å²) in [6.07, 6.45) is -4.59. The zero-order valence-electron chi connectivity index (χ0n) is 15.2. The van der Waals surface area contributed by atoms with Gasteiger partial charge in [-0.05, 0) is 30.3 Å². The van der Waals surface area contributed by atoms with Gasteiger partial charge in [0.05, 0.1) is 34.4 Å². The molecule has 2 aromatic rings. The molecule has 1 aliphatic heterocycles. The molecule has 3 rings (SSSR count). The van der Waals surface area contributed by atoms with Crippen molar-refractivity contribution in [2.75, 3.05) is 31.6 Å². The van der Waals surface area contributed by atoms with Crippen molar-refractivity contribution >= 4 is 44.8 Å². The number of carbonyl (C=O) groups excluding carboxylic acids is 1. The molecule has 0 aromatic heterocycles. The van der Waals surface area contributed by atoms with Crippen LogP contribution in [0.4, 0.5) is 18.9 Å². The van der Waals surface area contributed by atoms with E-state index in [1.165, 1.54) is 10.4 Å². The number of rotatable bonds is 4. The normalized spacial score (nSPS) is 15.8. The van der Waals surface area contributed by atoms with Crippen LogP contribution >= 0.6 is 23.2 Å². The quantitative estimate of drug-likeness (QED) is 0.705. The number of morpholine rings is 1. The maximum absolute atomic E-state index is 12.9. The second-order valence-corrected chi connectivity index (χ2v) is 9.03. The summed E-state index contributed by atoms with van der Waals surface area (Å²) in [5.41, 5.74) is -1.32. The molecule has 0 unspecified atom stereocenters. The van der Waals surface area contributed by atoms with Crippen molar-refractivity contribution in [2.24, 2.45) is 0 Å². The lowest BCUT2D eigenvalue weighted by Crippen LogP contribution is -2.40. The summed E-state index contributed by atoms with van der Waals surface area (Å²) < 4.78 is 70.7. The van der Waals surface area contributed by atoms with Crippen LogP contribution in [0, 0.1) is 0 Å². The summed E-state index contributed by atoms with van der Waals surface area (Å²) in [7, 11) is -4.03. The third kappa shape index (κ3) is 4.89. The van der Waals surface area contributed by atoms with E-state index in [-0.39, 0.29) is 52.5 Å². The van der Waals surface area contributed by atoms with Gasteiger partial charge >= 0.3 is 6.18 Å². The molecule has 1 saturated heterocycles. The van der Waals surface area contributed by atoms with E-state index in [4.69, 9.17) is 27.9 Å². The minimum atomic E-state index is -4.59. The Labute approximate surface area is 180 Å². The number of hydrogen-bond acceptors (Lipinski definition) is 4. The van der Waals surface area contributed by atoms with Crippen LogP contribution in [0.5, 0.6) is 0 Å². The van der Waals surface area contributed by atoms with Gasteiger partial charge in [-0.15, -0.1) is 0 Å². The van der Waals surface area contributed by atoms with Crippen LogP contribution in [-0.4, -0.2) is 44.9 Å². The lowest BCUT2D eigenvalue weighted by Gasteiger charge is -2.26. The number of nitrogens with one attached hydrogen (secondary N) is 1. The Morgan fingerprint density at radius 1 is 1.07 bits per heavy atom. The summed E-state index contributed by atoms with van der Waals surface area (Å²) in [4.78, 5) is 12.3. The number of carbonyl (C=O) groups is 1. The Bertz CT molecular complexity index is 1070. The number of alkyl halides is 3. The monoisotopic (exact) mass is 482 g/mol. The fourth-order valence-electron chi connectivity index (χ4n) is 2.80. The smallest absolute Gasteiger partial charge is 0.379 e. The first-order valence-corrected chi connectivity index (χ1v) is 10.8. The van der Waals surface area contributed by atoms with E-state index in [9.17, 15) is 26.4 Å².